The Labute approximate surface area is 77.0 Å². The van der Waals surface area contributed by atoms with Crippen molar-refractivity contribution in [2.75, 3.05) is 6.61 Å². The smallest absolute Gasteiger partial charge is 0.226 e. The molecule has 0 saturated carbocycles. The Balaban J connectivity index is 2.68. The number of ether oxygens (including phenoxy) is 1. The molecule has 1 aromatic heterocycles. The van der Waals surface area contributed by atoms with E-state index in [1.54, 1.807) is 19.1 Å². The highest BCUT2D eigenvalue weighted by Gasteiger charge is 2.10. The summed E-state index contributed by atoms with van der Waals surface area (Å²) in [7, 11) is 0. The van der Waals surface area contributed by atoms with E-state index in [-0.39, 0.29) is 5.78 Å². The van der Waals surface area contributed by atoms with Crippen LogP contribution in [-0.4, -0.2) is 12.4 Å². The monoisotopic (exact) mass is 180 g/mol. The summed E-state index contributed by atoms with van der Waals surface area (Å²) in [4.78, 5) is 11.5. The van der Waals surface area contributed by atoms with Crippen molar-refractivity contribution in [3.8, 4) is 0 Å². The van der Waals surface area contributed by atoms with Crippen molar-refractivity contribution >= 4 is 5.78 Å². The number of Topliss-reactive ketones (excluding diaryl/α,β-unsaturated/α-hetero) is 1. The van der Waals surface area contributed by atoms with Crippen LogP contribution >= 0.6 is 0 Å². The molecule has 3 heteroatoms. The second-order valence-corrected chi connectivity index (χ2v) is 2.56. The molecule has 1 rings (SSSR count). The van der Waals surface area contributed by atoms with Crippen LogP contribution in [-0.2, 0) is 4.74 Å². The van der Waals surface area contributed by atoms with E-state index in [1.165, 1.54) is 12.5 Å². The Kier molecular flexibility index (Phi) is 3.31. The largest absolute Gasteiger partial charge is 0.501 e. The van der Waals surface area contributed by atoms with Gasteiger partial charge in [0.1, 0.15) is 0 Å². The van der Waals surface area contributed by atoms with Gasteiger partial charge in [-0.1, -0.05) is 0 Å². The fourth-order valence-corrected chi connectivity index (χ4v) is 0.864. The highest BCUT2D eigenvalue weighted by molar-refractivity contribution is 6.06. The van der Waals surface area contributed by atoms with Crippen molar-refractivity contribution in [1.82, 2.24) is 0 Å². The predicted molar refractivity (Wildman–Crippen MR) is 48.4 cm³/mol. The van der Waals surface area contributed by atoms with Crippen molar-refractivity contribution < 1.29 is 13.9 Å². The minimum atomic E-state index is -0.140. The summed E-state index contributed by atoms with van der Waals surface area (Å²) in [5, 5.41) is 0. The van der Waals surface area contributed by atoms with Crippen LogP contribution in [0.2, 0.25) is 0 Å². The molecule has 70 valence electrons. The summed E-state index contributed by atoms with van der Waals surface area (Å²) in [6, 6.07) is 3.31. The summed E-state index contributed by atoms with van der Waals surface area (Å²) >= 11 is 0. The van der Waals surface area contributed by atoms with Gasteiger partial charge in [0.25, 0.3) is 0 Å². The van der Waals surface area contributed by atoms with Gasteiger partial charge in [-0.3, -0.25) is 4.79 Å². The number of rotatable bonds is 4. The van der Waals surface area contributed by atoms with Gasteiger partial charge in [-0.05, 0) is 26.0 Å². The third-order valence-electron chi connectivity index (χ3n) is 1.53. The average Bonchev–Trinajstić information content (AvgIpc) is 2.65. The normalized spacial score (nSPS) is 11.4. The molecular formula is C10H12O3. The van der Waals surface area contributed by atoms with Gasteiger partial charge in [-0.25, -0.2) is 0 Å². The second-order valence-electron chi connectivity index (χ2n) is 2.56. The molecule has 0 fully saturated rings. The first-order valence-electron chi connectivity index (χ1n) is 4.12. The summed E-state index contributed by atoms with van der Waals surface area (Å²) in [5.74, 6) is 0.201. The zero-order chi connectivity index (χ0) is 9.68. The topological polar surface area (TPSA) is 39.4 Å². The molecule has 0 aliphatic heterocycles. The zero-order valence-corrected chi connectivity index (χ0v) is 7.74. The number of ketones is 1. The highest BCUT2D eigenvalue weighted by atomic mass is 16.5. The summed E-state index contributed by atoms with van der Waals surface area (Å²) in [5.41, 5.74) is 0.539. The van der Waals surface area contributed by atoms with Crippen molar-refractivity contribution in [1.29, 1.82) is 0 Å². The molecule has 13 heavy (non-hydrogen) atoms. The van der Waals surface area contributed by atoms with Gasteiger partial charge in [0, 0.05) is 5.57 Å². The van der Waals surface area contributed by atoms with Gasteiger partial charge in [0.2, 0.25) is 5.78 Å². The van der Waals surface area contributed by atoms with Crippen LogP contribution in [0.4, 0.5) is 0 Å². The third-order valence-corrected chi connectivity index (χ3v) is 1.53. The van der Waals surface area contributed by atoms with Crippen LogP contribution in [0.5, 0.6) is 0 Å². The number of allylic oxidation sites excluding steroid dienone is 1. The Morgan fingerprint density at radius 1 is 1.69 bits per heavy atom. The first kappa shape index (κ1) is 9.58. The van der Waals surface area contributed by atoms with Crippen molar-refractivity contribution in [2.45, 2.75) is 13.8 Å². The lowest BCUT2D eigenvalue weighted by molar-refractivity contribution is 0.0999. The Morgan fingerprint density at radius 2 is 2.46 bits per heavy atom. The van der Waals surface area contributed by atoms with Crippen LogP contribution < -0.4 is 0 Å². The molecule has 0 aromatic carbocycles. The minimum Gasteiger partial charge on any atom is -0.501 e. The maximum Gasteiger partial charge on any atom is 0.226 e. The molecule has 0 radical (unpaired) electrons. The third kappa shape index (κ3) is 2.47. The van der Waals surface area contributed by atoms with Gasteiger partial charge < -0.3 is 9.15 Å². The van der Waals surface area contributed by atoms with Crippen LogP contribution in [0.3, 0.4) is 0 Å². The van der Waals surface area contributed by atoms with Crippen molar-refractivity contribution in [3.05, 3.63) is 36.0 Å². The molecular weight excluding hydrogens is 168 g/mol. The molecule has 0 amide bonds. The lowest BCUT2D eigenvalue weighted by atomic mass is 10.2. The van der Waals surface area contributed by atoms with E-state index in [1.807, 2.05) is 6.92 Å². The van der Waals surface area contributed by atoms with E-state index in [4.69, 9.17) is 9.15 Å². The minimum absolute atomic E-state index is 0.140. The molecule has 0 bridgehead atoms. The van der Waals surface area contributed by atoms with Crippen molar-refractivity contribution in [2.24, 2.45) is 0 Å². The van der Waals surface area contributed by atoms with Gasteiger partial charge >= 0.3 is 0 Å². The number of carbonyl (C=O) groups excluding carboxylic acids is 1. The second kappa shape index (κ2) is 4.50. The fraction of sp³-hybridized carbons (Fsp3) is 0.300. The van der Waals surface area contributed by atoms with E-state index in [2.05, 4.69) is 0 Å². The van der Waals surface area contributed by atoms with Gasteiger partial charge in [0.05, 0.1) is 19.1 Å². The molecule has 0 spiro atoms. The Hall–Kier alpha value is -1.51. The standard InChI is InChI=1S/C10H12O3/c1-3-12-7-8(2)10(11)9-5-4-6-13-9/h4-7H,3H2,1-2H3. The van der Waals surface area contributed by atoms with E-state index >= 15 is 0 Å². The van der Waals surface area contributed by atoms with E-state index in [9.17, 15) is 4.79 Å². The van der Waals surface area contributed by atoms with Crippen LogP contribution in [0.25, 0.3) is 0 Å². The highest BCUT2D eigenvalue weighted by Crippen LogP contribution is 2.08. The van der Waals surface area contributed by atoms with Crippen LogP contribution in [0, 0.1) is 0 Å². The maximum absolute atomic E-state index is 11.5. The molecule has 0 aliphatic rings. The molecule has 0 unspecified atom stereocenters. The molecule has 0 N–H and O–H groups in total. The summed E-state index contributed by atoms with van der Waals surface area (Å²) < 4.78 is 9.94. The lowest BCUT2D eigenvalue weighted by Crippen LogP contribution is -1.99. The molecule has 1 heterocycles. The van der Waals surface area contributed by atoms with Crippen molar-refractivity contribution in [3.63, 3.8) is 0 Å². The first-order valence-corrected chi connectivity index (χ1v) is 4.12. The van der Waals surface area contributed by atoms with Gasteiger partial charge in [-0.15, -0.1) is 0 Å². The Bertz CT molecular complexity index is 296. The lowest BCUT2D eigenvalue weighted by Gasteiger charge is -1.97. The molecule has 1 aromatic rings. The Morgan fingerprint density at radius 3 is 3.00 bits per heavy atom. The van der Waals surface area contributed by atoms with E-state index in [0.29, 0.717) is 17.9 Å². The summed E-state index contributed by atoms with van der Waals surface area (Å²) in [6.07, 6.45) is 2.92. The SMILES string of the molecule is CCOC=C(C)C(=O)c1ccco1. The predicted octanol–water partition coefficient (Wildman–Crippen LogP) is 2.40. The van der Waals surface area contributed by atoms with Gasteiger partial charge in [-0.2, -0.15) is 0 Å². The fourth-order valence-electron chi connectivity index (χ4n) is 0.864. The molecule has 0 saturated heterocycles. The number of carbonyl (C=O) groups is 1. The molecule has 3 nitrogen and oxygen atoms in total. The zero-order valence-electron chi connectivity index (χ0n) is 7.74. The quantitative estimate of drug-likeness (QED) is 0.405. The molecule has 0 atom stereocenters. The average molecular weight is 180 g/mol. The number of furan rings is 1. The van der Waals surface area contributed by atoms with Crippen LogP contribution in [0.15, 0.2) is 34.6 Å². The summed E-state index contributed by atoms with van der Waals surface area (Å²) in [6.45, 7) is 4.12. The molecule has 0 aliphatic carbocycles. The maximum atomic E-state index is 11.5. The first-order chi connectivity index (χ1) is 6.25. The van der Waals surface area contributed by atoms with Crippen LogP contribution in [0.1, 0.15) is 24.4 Å². The van der Waals surface area contributed by atoms with E-state index in [0.717, 1.165) is 0 Å². The number of hydrogen-bond acceptors (Lipinski definition) is 3. The number of hydrogen-bond donors (Lipinski definition) is 0. The van der Waals surface area contributed by atoms with E-state index < -0.39 is 0 Å². The van der Waals surface area contributed by atoms with Gasteiger partial charge in [0.15, 0.2) is 5.76 Å².